The number of nitrogens with zero attached hydrogens (tertiary/aromatic N) is 4. The van der Waals surface area contributed by atoms with Gasteiger partial charge in [0.15, 0.2) is 23.1 Å². The fraction of sp³-hybridized carbons (Fsp3) is 0.692. The van der Waals surface area contributed by atoms with Crippen molar-refractivity contribution in [3.8, 4) is 0 Å². The maximum Gasteiger partial charge on any atom is 0.312 e. The molecule has 2 saturated carbocycles. The Morgan fingerprint density at radius 1 is 1.21 bits per heavy atom. The molecule has 3 heterocycles. The van der Waals surface area contributed by atoms with E-state index in [9.17, 15) is 18.8 Å². The molecule has 1 amide bonds. The van der Waals surface area contributed by atoms with Crippen molar-refractivity contribution in [2.24, 2.45) is 11.3 Å². The molecule has 0 radical (unpaired) electrons. The number of amides is 1. The number of carbonyl (C=O) groups excluding carboxylic acids is 3. The number of rotatable bonds is 9. The third-order valence-corrected chi connectivity index (χ3v) is 8.34. The van der Waals surface area contributed by atoms with E-state index in [0.717, 1.165) is 25.7 Å². The molecule has 0 bridgehead atoms. The van der Waals surface area contributed by atoms with Crippen molar-refractivity contribution in [2.75, 3.05) is 19.0 Å². The number of aryl methyl sites for hydroxylation is 1. The van der Waals surface area contributed by atoms with E-state index in [1.54, 1.807) is 11.7 Å². The minimum Gasteiger partial charge on any atom is -0.463 e. The van der Waals surface area contributed by atoms with Crippen molar-refractivity contribution in [1.29, 1.82) is 0 Å². The standard InChI is InChI=1S/C26H34FN5O6/c1-36-17(14-37-24(35)16-6-11-26(12-7-16)9-2-3-10-26)8-13-32-15-28-20-21(30-25(27)31-22(20)32)29-23(34)18-4-5-19(33)38-18/h15-18H,2-14H2,1H3,(H,29,30,31,34). The SMILES string of the molecule is COC(CCn1cnc2c(NC(=O)C3CCC(=O)O3)nc(F)nc21)COC(=O)C1CCC2(CCCC2)CC1. The number of hydrogen-bond acceptors (Lipinski definition) is 9. The van der Waals surface area contributed by atoms with Crippen LogP contribution in [-0.4, -0.2) is 63.3 Å². The number of methoxy groups -OCH3 is 1. The second-order valence-electron chi connectivity index (χ2n) is 10.7. The number of ether oxygens (including phenoxy) is 3. The summed E-state index contributed by atoms with van der Waals surface area (Å²) in [6, 6.07) is 0. The van der Waals surface area contributed by atoms with Gasteiger partial charge in [0.1, 0.15) is 6.61 Å². The first-order valence-corrected chi connectivity index (χ1v) is 13.4. The number of hydrogen-bond donors (Lipinski definition) is 1. The summed E-state index contributed by atoms with van der Waals surface area (Å²) in [7, 11) is 1.56. The average Bonchev–Trinajstić information content (AvgIpc) is 3.65. The van der Waals surface area contributed by atoms with Crippen LogP contribution in [0.4, 0.5) is 10.2 Å². The van der Waals surface area contributed by atoms with Crippen LogP contribution in [0.1, 0.15) is 70.6 Å². The van der Waals surface area contributed by atoms with Crippen LogP contribution in [0.25, 0.3) is 11.2 Å². The Kier molecular flexibility index (Phi) is 7.87. The minimum absolute atomic E-state index is 0.0441. The molecule has 3 aliphatic rings. The van der Waals surface area contributed by atoms with Gasteiger partial charge >= 0.3 is 18.0 Å². The van der Waals surface area contributed by atoms with E-state index in [4.69, 9.17) is 14.2 Å². The third-order valence-electron chi connectivity index (χ3n) is 8.34. The van der Waals surface area contributed by atoms with Crippen LogP contribution in [0.5, 0.6) is 0 Å². The van der Waals surface area contributed by atoms with Gasteiger partial charge in [-0.1, -0.05) is 12.8 Å². The van der Waals surface area contributed by atoms with Gasteiger partial charge in [0, 0.05) is 26.5 Å². The zero-order valence-corrected chi connectivity index (χ0v) is 21.6. The molecule has 3 fully saturated rings. The molecule has 11 nitrogen and oxygen atoms in total. The van der Waals surface area contributed by atoms with Gasteiger partial charge in [-0.2, -0.15) is 14.4 Å². The highest BCUT2D eigenvalue weighted by molar-refractivity contribution is 6.00. The topological polar surface area (TPSA) is 135 Å². The molecule has 2 aliphatic carbocycles. The normalized spacial score (nSPS) is 22.1. The van der Waals surface area contributed by atoms with Crippen LogP contribution >= 0.6 is 0 Å². The zero-order chi connectivity index (χ0) is 26.7. The van der Waals surface area contributed by atoms with E-state index in [1.165, 1.54) is 32.0 Å². The van der Waals surface area contributed by atoms with Gasteiger partial charge in [-0.15, -0.1) is 0 Å². The molecule has 2 aromatic heterocycles. The fourth-order valence-electron chi connectivity index (χ4n) is 6.01. The van der Waals surface area contributed by atoms with E-state index in [1.807, 2.05) is 0 Å². The van der Waals surface area contributed by atoms with Crippen molar-refractivity contribution in [3.63, 3.8) is 0 Å². The molecule has 12 heteroatoms. The van der Waals surface area contributed by atoms with Crippen molar-refractivity contribution >= 4 is 34.8 Å². The highest BCUT2D eigenvalue weighted by Gasteiger charge is 2.39. The molecule has 2 unspecified atom stereocenters. The van der Waals surface area contributed by atoms with Crippen LogP contribution in [-0.2, 0) is 35.1 Å². The molecule has 1 spiro atoms. The van der Waals surface area contributed by atoms with Crippen molar-refractivity contribution in [3.05, 3.63) is 12.4 Å². The lowest BCUT2D eigenvalue weighted by Gasteiger charge is -2.36. The Morgan fingerprint density at radius 2 is 1.97 bits per heavy atom. The zero-order valence-electron chi connectivity index (χ0n) is 21.6. The summed E-state index contributed by atoms with van der Waals surface area (Å²) >= 11 is 0. The summed E-state index contributed by atoms with van der Waals surface area (Å²) in [6.45, 7) is 0.497. The highest BCUT2D eigenvalue weighted by atomic mass is 19.1. The lowest BCUT2D eigenvalue weighted by molar-refractivity contribution is -0.154. The van der Waals surface area contributed by atoms with E-state index in [0.29, 0.717) is 18.4 Å². The second-order valence-corrected chi connectivity index (χ2v) is 10.7. The number of fused-ring (bicyclic) bond motifs is 1. The predicted octanol–water partition coefficient (Wildman–Crippen LogP) is 3.31. The molecular formula is C26H34FN5O6. The van der Waals surface area contributed by atoms with Crippen molar-refractivity contribution in [1.82, 2.24) is 19.5 Å². The van der Waals surface area contributed by atoms with Crippen LogP contribution in [0.15, 0.2) is 6.33 Å². The number of halogens is 1. The first kappa shape index (κ1) is 26.5. The quantitative estimate of drug-likeness (QED) is 0.382. The Hall–Kier alpha value is -3.15. The number of imidazole rings is 1. The molecule has 1 saturated heterocycles. The van der Waals surface area contributed by atoms with Gasteiger partial charge < -0.3 is 24.1 Å². The van der Waals surface area contributed by atoms with Gasteiger partial charge in [0.05, 0.1) is 18.3 Å². The largest absolute Gasteiger partial charge is 0.463 e. The van der Waals surface area contributed by atoms with E-state index < -0.39 is 24.1 Å². The highest BCUT2D eigenvalue weighted by Crippen LogP contribution is 2.50. The Bertz CT molecular complexity index is 1190. The smallest absolute Gasteiger partial charge is 0.312 e. The maximum atomic E-state index is 14.2. The fourth-order valence-corrected chi connectivity index (χ4v) is 6.01. The summed E-state index contributed by atoms with van der Waals surface area (Å²) in [5.74, 6) is -1.35. The molecule has 2 aromatic rings. The predicted molar refractivity (Wildman–Crippen MR) is 132 cm³/mol. The molecule has 38 heavy (non-hydrogen) atoms. The Morgan fingerprint density at radius 3 is 2.66 bits per heavy atom. The number of esters is 2. The lowest BCUT2D eigenvalue weighted by atomic mass is 9.69. The van der Waals surface area contributed by atoms with Gasteiger partial charge in [0.2, 0.25) is 0 Å². The second kappa shape index (κ2) is 11.3. The van der Waals surface area contributed by atoms with E-state index in [2.05, 4.69) is 20.3 Å². The Labute approximate surface area is 219 Å². The van der Waals surface area contributed by atoms with Crippen LogP contribution in [0.2, 0.25) is 0 Å². The summed E-state index contributed by atoms with van der Waals surface area (Å²) in [5, 5.41) is 2.49. The third kappa shape index (κ3) is 5.79. The van der Waals surface area contributed by atoms with Gasteiger partial charge in [-0.3, -0.25) is 14.4 Å². The molecule has 1 aliphatic heterocycles. The monoisotopic (exact) mass is 531 g/mol. The summed E-state index contributed by atoms with van der Waals surface area (Å²) in [6.07, 6.45) is 9.23. The van der Waals surface area contributed by atoms with Gasteiger partial charge in [-0.05, 0) is 50.4 Å². The Balaban J connectivity index is 1.15. The van der Waals surface area contributed by atoms with Gasteiger partial charge in [-0.25, -0.2) is 4.98 Å². The number of aromatic nitrogens is 4. The molecule has 2 atom stereocenters. The lowest BCUT2D eigenvalue weighted by Crippen LogP contribution is -2.31. The number of cyclic esters (lactones) is 1. The van der Waals surface area contributed by atoms with Crippen molar-refractivity contribution < 1.29 is 33.0 Å². The minimum atomic E-state index is -1.03. The molecule has 206 valence electrons. The van der Waals surface area contributed by atoms with Crippen LogP contribution < -0.4 is 5.32 Å². The first-order chi connectivity index (χ1) is 18.4. The average molecular weight is 532 g/mol. The maximum absolute atomic E-state index is 14.2. The van der Waals surface area contributed by atoms with Gasteiger partial charge in [0.25, 0.3) is 5.91 Å². The summed E-state index contributed by atoms with van der Waals surface area (Å²) < 4.78 is 31.9. The molecule has 5 rings (SSSR count). The molecular weight excluding hydrogens is 497 g/mol. The summed E-state index contributed by atoms with van der Waals surface area (Å²) in [5.41, 5.74) is 0.877. The summed E-state index contributed by atoms with van der Waals surface area (Å²) in [4.78, 5) is 48.2. The van der Waals surface area contributed by atoms with E-state index >= 15 is 0 Å². The number of carbonyl (C=O) groups is 3. The number of nitrogens with one attached hydrogen (secondary N) is 1. The van der Waals surface area contributed by atoms with Crippen LogP contribution in [0, 0.1) is 17.4 Å². The molecule has 0 aromatic carbocycles. The molecule has 1 N–H and O–H groups in total. The first-order valence-electron chi connectivity index (χ1n) is 13.4. The van der Waals surface area contributed by atoms with E-state index in [-0.39, 0.29) is 54.4 Å². The number of anilines is 1. The van der Waals surface area contributed by atoms with Crippen molar-refractivity contribution in [2.45, 2.75) is 89.4 Å². The van der Waals surface area contributed by atoms with Crippen LogP contribution in [0.3, 0.4) is 0 Å².